The quantitative estimate of drug-likeness (QED) is 0.289. The van der Waals surface area contributed by atoms with Crippen molar-refractivity contribution in [3.8, 4) is 33.4 Å². The van der Waals surface area contributed by atoms with E-state index in [9.17, 15) is 4.79 Å². The first-order valence-corrected chi connectivity index (χ1v) is 13.1. The molecule has 3 aromatic carbocycles. The first kappa shape index (κ1) is 24.2. The number of hydrogen-bond acceptors (Lipinski definition) is 6. The van der Waals surface area contributed by atoms with E-state index >= 15 is 0 Å². The normalized spacial score (nSPS) is 14.0. The van der Waals surface area contributed by atoms with Crippen LogP contribution in [0, 0.1) is 0 Å². The number of thiophene rings is 1. The molecule has 0 spiro atoms. The number of rotatable bonds is 9. The van der Waals surface area contributed by atoms with Gasteiger partial charge in [0.15, 0.2) is 5.75 Å². The van der Waals surface area contributed by atoms with Crippen molar-refractivity contribution in [2.75, 3.05) is 33.4 Å². The summed E-state index contributed by atoms with van der Waals surface area (Å²) in [5.74, 6) is 2.67. The molecule has 0 unspecified atom stereocenters. The van der Waals surface area contributed by atoms with E-state index in [1.54, 1.807) is 30.6 Å². The van der Waals surface area contributed by atoms with E-state index in [1.807, 2.05) is 54.6 Å². The standard InChI is InChI=1S/C29H30N2O4S/c1-33-24-13-14-25-26(19-24)36-28(20-5-7-21(8-6-20)29(30)32)27(25)35-23-11-9-22(10-12-23)34-18-17-31-15-3-2-4-16-31/h5-14,19H,2-4,15-18H2,1H3,(H2,30,32). The summed E-state index contributed by atoms with van der Waals surface area (Å²) >= 11 is 1.62. The fourth-order valence-electron chi connectivity index (χ4n) is 4.45. The highest BCUT2D eigenvalue weighted by molar-refractivity contribution is 7.22. The summed E-state index contributed by atoms with van der Waals surface area (Å²) in [6.07, 6.45) is 3.91. The van der Waals surface area contributed by atoms with Crippen LogP contribution in [0.3, 0.4) is 0 Å². The number of likely N-dealkylation sites (tertiary alicyclic amines) is 1. The van der Waals surface area contributed by atoms with Crippen molar-refractivity contribution in [3.63, 3.8) is 0 Å². The molecule has 5 rings (SSSR count). The SMILES string of the molecule is COc1ccc2c(Oc3ccc(OCCN4CCCCC4)cc3)c(-c3ccc(C(N)=O)cc3)sc2c1. The zero-order valence-corrected chi connectivity index (χ0v) is 21.2. The number of piperidine rings is 1. The molecule has 1 aromatic heterocycles. The second-order valence-electron chi connectivity index (χ2n) is 8.89. The van der Waals surface area contributed by atoms with Crippen LogP contribution >= 0.6 is 11.3 Å². The number of hydrogen-bond donors (Lipinski definition) is 1. The van der Waals surface area contributed by atoms with Gasteiger partial charge in [-0.25, -0.2) is 0 Å². The number of benzene rings is 3. The lowest BCUT2D eigenvalue weighted by Crippen LogP contribution is -2.33. The summed E-state index contributed by atoms with van der Waals surface area (Å²) in [5.41, 5.74) is 6.84. The van der Waals surface area contributed by atoms with Crippen molar-refractivity contribution in [1.82, 2.24) is 4.90 Å². The van der Waals surface area contributed by atoms with Gasteiger partial charge in [0.25, 0.3) is 0 Å². The lowest BCUT2D eigenvalue weighted by molar-refractivity contribution is 0.100. The maximum atomic E-state index is 11.5. The molecule has 0 aliphatic carbocycles. The van der Waals surface area contributed by atoms with Gasteiger partial charge < -0.3 is 19.9 Å². The van der Waals surface area contributed by atoms with Gasteiger partial charge in [-0.3, -0.25) is 9.69 Å². The van der Waals surface area contributed by atoms with Crippen LogP contribution in [0.2, 0.25) is 0 Å². The number of primary amides is 1. The fraction of sp³-hybridized carbons (Fsp3) is 0.276. The maximum Gasteiger partial charge on any atom is 0.248 e. The second kappa shape index (κ2) is 11.0. The predicted molar refractivity (Wildman–Crippen MR) is 145 cm³/mol. The molecule has 186 valence electrons. The number of carbonyl (C=O) groups is 1. The number of carbonyl (C=O) groups excluding carboxylic acids is 1. The number of nitrogens with two attached hydrogens (primary N) is 1. The summed E-state index contributed by atoms with van der Waals surface area (Å²) in [6.45, 7) is 3.98. The molecule has 1 fully saturated rings. The largest absolute Gasteiger partial charge is 0.497 e. The Bertz CT molecular complexity index is 1330. The predicted octanol–water partition coefficient (Wildman–Crippen LogP) is 6.33. The van der Waals surface area contributed by atoms with Gasteiger partial charge in [0, 0.05) is 22.2 Å². The molecule has 7 heteroatoms. The van der Waals surface area contributed by atoms with Crippen LogP contribution in [-0.2, 0) is 0 Å². The van der Waals surface area contributed by atoms with E-state index in [0.29, 0.717) is 12.2 Å². The van der Waals surface area contributed by atoms with Gasteiger partial charge in [-0.15, -0.1) is 11.3 Å². The van der Waals surface area contributed by atoms with E-state index in [4.69, 9.17) is 19.9 Å². The Morgan fingerprint density at radius 2 is 1.61 bits per heavy atom. The van der Waals surface area contributed by atoms with E-state index < -0.39 is 5.91 Å². The molecule has 1 amide bonds. The van der Waals surface area contributed by atoms with Gasteiger partial charge in [0.1, 0.15) is 23.9 Å². The molecular formula is C29H30N2O4S. The Labute approximate surface area is 215 Å². The molecule has 0 radical (unpaired) electrons. The molecule has 0 bridgehead atoms. The van der Waals surface area contributed by atoms with Gasteiger partial charge in [-0.2, -0.15) is 0 Å². The lowest BCUT2D eigenvalue weighted by atomic mass is 10.1. The summed E-state index contributed by atoms with van der Waals surface area (Å²) in [7, 11) is 1.66. The molecule has 0 saturated carbocycles. The average molecular weight is 503 g/mol. The average Bonchev–Trinajstić information content (AvgIpc) is 3.27. The maximum absolute atomic E-state index is 11.5. The second-order valence-corrected chi connectivity index (χ2v) is 9.94. The molecule has 36 heavy (non-hydrogen) atoms. The van der Waals surface area contributed by atoms with E-state index in [-0.39, 0.29) is 0 Å². The minimum absolute atomic E-state index is 0.447. The minimum atomic E-state index is -0.447. The Kier molecular flexibility index (Phi) is 7.39. The first-order valence-electron chi connectivity index (χ1n) is 12.2. The summed E-state index contributed by atoms with van der Waals surface area (Å²) in [5, 5.41) is 0.997. The monoisotopic (exact) mass is 502 g/mol. The van der Waals surface area contributed by atoms with Crippen molar-refractivity contribution >= 4 is 27.3 Å². The van der Waals surface area contributed by atoms with Crippen molar-refractivity contribution in [3.05, 3.63) is 72.3 Å². The summed E-state index contributed by atoms with van der Waals surface area (Å²) in [4.78, 5) is 15.0. The van der Waals surface area contributed by atoms with Crippen LogP contribution in [0.5, 0.6) is 23.0 Å². The summed E-state index contributed by atoms with van der Waals surface area (Å²) < 4.78 is 18.9. The molecule has 4 aromatic rings. The van der Waals surface area contributed by atoms with Crippen LogP contribution < -0.4 is 19.9 Å². The molecule has 2 N–H and O–H groups in total. The van der Waals surface area contributed by atoms with Gasteiger partial charge in [-0.1, -0.05) is 18.6 Å². The zero-order chi connectivity index (χ0) is 24.9. The molecule has 1 saturated heterocycles. The van der Waals surface area contributed by atoms with Crippen molar-refractivity contribution in [2.45, 2.75) is 19.3 Å². The van der Waals surface area contributed by atoms with Crippen LogP contribution in [0.15, 0.2) is 66.7 Å². The first-order chi connectivity index (χ1) is 17.6. The van der Waals surface area contributed by atoms with Crippen molar-refractivity contribution in [2.24, 2.45) is 5.73 Å². The van der Waals surface area contributed by atoms with Crippen LogP contribution in [0.1, 0.15) is 29.6 Å². The molecule has 6 nitrogen and oxygen atoms in total. The Hall–Kier alpha value is -3.55. The molecule has 0 atom stereocenters. The van der Waals surface area contributed by atoms with Crippen LogP contribution in [-0.4, -0.2) is 44.2 Å². The highest BCUT2D eigenvalue weighted by atomic mass is 32.1. The Balaban J connectivity index is 1.36. The van der Waals surface area contributed by atoms with Crippen molar-refractivity contribution < 1.29 is 19.0 Å². The number of amides is 1. The Morgan fingerprint density at radius 1 is 0.917 bits per heavy atom. The van der Waals surface area contributed by atoms with E-state index in [1.165, 1.54) is 32.4 Å². The zero-order valence-electron chi connectivity index (χ0n) is 20.4. The highest BCUT2D eigenvalue weighted by Crippen LogP contribution is 2.47. The molecule has 1 aliphatic rings. The van der Waals surface area contributed by atoms with Crippen LogP contribution in [0.4, 0.5) is 0 Å². The van der Waals surface area contributed by atoms with Gasteiger partial charge in [-0.05, 0) is 86.1 Å². The van der Waals surface area contributed by atoms with Gasteiger partial charge >= 0.3 is 0 Å². The Morgan fingerprint density at radius 3 is 2.31 bits per heavy atom. The molecular weight excluding hydrogens is 472 g/mol. The summed E-state index contributed by atoms with van der Waals surface area (Å²) in [6, 6.07) is 21.0. The topological polar surface area (TPSA) is 74.0 Å². The third-order valence-corrected chi connectivity index (χ3v) is 7.63. The molecule has 2 heterocycles. The van der Waals surface area contributed by atoms with E-state index in [0.717, 1.165) is 50.1 Å². The van der Waals surface area contributed by atoms with Gasteiger partial charge in [0.05, 0.1) is 12.0 Å². The van der Waals surface area contributed by atoms with Crippen molar-refractivity contribution in [1.29, 1.82) is 0 Å². The smallest absolute Gasteiger partial charge is 0.248 e. The highest BCUT2D eigenvalue weighted by Gasteiger charge is 2.18. The number of ether oxygens (including phenoxy) is 3. The third kappa shape index (κ3) is 5.48. The molecule has 1 aliphatic heterocycles. The number of nitrogens with zero attached hydrogens (tertiary/aromatic N) is 1. The lowest BCUT2D eigenvalue weighted by Gasteiger charge is -2.26. The van der Waals surface area contributed by atoms with E-state index in [2.05, 4.69) is 4.90 Å². The van der Waals surface area contributed by atoms with Gasteiger partial charge in [0.2, 0.25) is 5.91 Å². The third-order valence-electron chi connectivity index (χ3n) is 6.45. The number of fused-ring (bicyclic) bond motifs is 1. The minimum Gasteiger partial charge on any atom is -0.497 e. The fourth-order valence-corrected chi connectivity index (χ4v) is 5.62. The number of methoxy groups -OCH3 is 1. The van der Waals surface area contributed by atoms with Crippen LogP contribution in [0.25, 0.3) is 20.5 Å².